The van der Waals surface area contributed by atoms with Crippen LogP contribution in [-0.4, -0.2) is 23.8 Å². The van der Waals surface area contributed by atoms with Crippen LogP contribution in [0.15, 0.2) is 4.52 Å². The molecule has 1 aromatic rings. The quantitative estimate of drug-likeness (QED) is 0.883. The average Bonchev–Trinajstić information content (AvgIpc) is 2.53. The molecule has 2 heterocycles. The molecule has 1 atom stereocenters. The van der Waals surface area contributed by atoms with E-state index in [1.807, 2.05) is 0 Å². The first kappa shape index (κ1) is 13.4. The summed E-state index contributed by atoms with van der Waals surface area (Å²) in [5.41, 5.74) is 0. The van der Waals surface area contributed by atoms with Crippen LogP contribution in [0.3, 0.4) is 0 Å². The fourth-order valence-corrected chi connectivity index (χ4v) is 1.84. The monoisotopic (exact) mass is 247 g/mol. The van der Waals surface area contributed by atoms with Crippen molar-refractivity contribution in [2.45, 2.75) is 38.3 Å². The second-order valence-corrected chi connectivity index (χ2v) is 3.84. The van der Waals surface area contributed by atoms with E-state index in [0.29, 0.717) is 12.5 Å². The third-order valence-corrected chi connectivity index (χ3v) is 2.62. The van der Waals surface area contributed by atoms with Gasteiger partial charge < -0.3 is 14.6 Å². The molecule has 1 N–H and O–H groups in total. The van der Waals surface area contributed by atoms with Gasteiger partial charge in [-0.05, 0) is 19.4 Å². The molecule has 6 heteroatoms. The van der Waals surface area contributed by atoms with Crippen molar-refractivity contribution in [3.8, 4) is 0 Å². The van der Waals surface area contributed by atoms with Gasteiger partial charge in [-0.25, -0.2) is 0 Å². The van der Waals surface area contributed by atoms with Crippen LogP contribution in [0.25, 0.3) is 0 Å². The number of aromatic nitrogens is 2. The van der Waals surface area contributed by atoms with E-state index in [1.165, 1.54) is 19.3 Å². The Morgan fingerprint density at radius 1 is 1.44 bits per heavy atom. The molecule has 1 saturated heterocycles. The molecule has 0 bridgehead atoms. The van der Waals surface area contributed by atoms with Crippen LogP contribution in [-0.2, 0) is 11.3 Å². The summed E-state index contributed by atoms with van der Waals surface area (Å²) < 4.78 is 10.0. The topological polar surface area (TPSA) is 60.2 Å². The standard InChI is InChI=1S/C10H17N3O2.ClH/c1-14-7-9-12-10(13-15-9)8-5-3-2-4-6-11-8;/h8,11H,2-7H2,1H3;1H. The van der Waals surface area contributed by atoms with E-state index >= 15 is 0 Å². The number of ether oxygens (including phenoxy) is 1. The molecule has 1 fully saturated rings. The number of hydrogen-bond donors (Lipinski definition) is 1. The summed E-state index contributed by atoms with van der Waals surface area (Å²) >= 11 is 0. The Bertz CT molecular complexity index is 298. The molecule has 1 aliphatic rings. The molecule has 1 unspecified atom stereocenters. The minimum absolute atomic E-state index is 0. The fraction of sp³-hybridized carbons (Fsp3) is 0.800. The third kappa shape index (κ3) is 3.43. The number of halogens is 1. The van der Waals surface area contributed by atoms with Gasteiger partial charge in [-0.3, -0.25) is 0 Å². The van der Waals surface area contributed by atoms with Gasteiger partial charge in [0.15, 0.2) is 5.82 Å². The van der Waals surface area contributed by atoms with Crippen LogP contribution >= 0.6 is 12.4 Å². The second kappa shape index (κ2) is 6.83. The molecule has 0 saturated carbocycles. The normalized spacial score (nSPS) is 21.2. The molecule has 0 spiro atoms. The zero-order valence-corrected chi connectivity index (χ0v) is 10.3. The van der Waals surface area contributed by atoms with Crippen molar-refractivity contribution in [3.63, 3.8) is 0 Å². The highest BCUT2D eigenvalue weighted by Crippen LogP contribution is 2.20. The van der Waals surface area contributed by atoms with Crippen molar-refractivity contribution in [1.82, 2.24) is 15.5 Å². The first-order chi connectivity index (χ1) is 7.40. The minimum atomic E-state index is 0. The van der Waals surface area contributed by atoms with Crippen LogP contribution in [0.1, 0.15) is 43.4 Å². The summed E-state index contributed by atoms with van der Waals surface area (Å²) in [7, 11) is 1.62. The number of nitrogens with zero attached hydrogens (tertiary/aromatic N) is 2. The van der Waals surface area contributed by atoms with E-state index in [4.69, 9.17) is 9.26 Å². The lowest BCUT2D eigenvalue weighted by molar-refractivity contribution is 0.151. The van der Waals surface area contributed by atoms with Crippen molar-refractivity contribution in [3.05, 3.63) is 11.7 Å². The summed E-state index contributed by atoms with van der Waals surface area (Å²) in [5, 5.41) is 7.40. The molecule has 2 rings (SSSR count). The van der Waals surface area contributed by atoms with E-state index < -0.39 is 0 Å². The fourth-order valence-electron chi connectivity index (χ4n) is 1.84. The Hall–Kier alpha value is -0.650. The van der Waals surface area contributed by atoms with Gasteiger partial charge in [-0.15, -0.1) is 12.4 Å². The maximum atomic E-state index is 5.07. The molecule has 1 aliphatic heterocycles. The van der Waals surface area contributed by atoms with Crippen molar-refractivity contribution in [1.29, 1.82) is 0 Å². The Labute approximate surface area is 101 Å². The predicted octanol–water partition coefficient (Wildman–Crippen LogP) is 1.84. The van der Waals surface area contributed by atoms with Crippen molar-refractivity contribution < 1.29 is 9.26 Å². The number of methoxy groups -OCH3 is 1. The number of rotatable bonds is 3. The van der Waals surface area contributed by atoms with Crippen LogP contribution in [0, 0.1) is 0 Å². The van der Waals surface area contributed by atoms with Crippen molar-refractivity contribution >= 4 is 12.4 Å². The largest absolute Gasteiger partial charge is 0.375 e. The molecule has 0 aromatic carbocycles. The molecule has 92 valence electrons. The molecule has 0 amide bonds. The highest BCUT2D eigenvalue weighted by atomic mass is 35.5. The minimum Gasteiger partial charge on any atom is -0.375 e. The number of hydrogen-bond acceptors (Lipinski definition) is 5. The van der Waals surface area contributed by atoms with E-state index in [9.17, 15) is 0 Å². The summed E-state index contributed by atoms with van der Waals surface area (Å²) in [4.78, 5) is 4.30. The Balaban J connectivity index is 0.00000128. The zero-order valence-electron chi connectivity index (χ0n) is 9.44. The lowest BCUT2D eigenvalue weighted by atomic mass is 10.1. The molecule has 16 heavy (non-hydrogen) atoms. The summed E-state index contributed by atoms with van der Waals surface area (Å²) in [5.74, 6) is 1.32. The highest BCUT2D eigenvalue weighted by Gasteiger charge is 2.19. The highest BCUT2D eigenvalue weighted by molar-refractivity contribution is 5.85. The van der Waals surface area contributed by atoms with Gasteiger partial charge in [0.05, 0.1) is 6.04 Å². The maximum Gasteiger partial charge on any atom is 0.252 e. The van der Waals surface area contributed by atoms with Gasteiger partial charge in [0.2, 0.25) is 0 Å². The van der Waals surface area contributed by atoms with Gasteiger partial charge in [0.1, 0.15) is 6.61 Å². The van der Waals surface area contributed by atoms with E-state index in [1.54, 1.807) is 7.11 Å². The van der Waals surface area contributed by atoms with Gasteiger partial charge in [-0.2, -0.15) is 4.98 Å². The van der Waals surface area contributed by atoms with Crippen LogP contribution < -0.4 is 5.32 Å². The lowest BCUT2D eigenvalue weighted by Gasteiger charge is -2.09. The SMILES string of the molecule is COCc1nc(C2CCCCCN2)no1.Cl. The first-order valence-corrected chi connectivity index (χ1v) is 5.45. The summed E-state index contributed by atoms with van der Waals surface area (Å²) in [6.45, 7) is 1.43. The first-order valence-electron chi connectivity index (χ1n) is 5.45. The van der Waals surface area contributed by atoms with E-state index in [2.05, 4.69) is 15.5 Å². The van der Waals surface area contributed by atoms with Gasteiger partial charge in [0.25, 0.3) is 5.89 Å². The molecule has 0 radical (unpaired) electrons. The van der Waals surface area contributed by atoms with E-state index in [0.717, 1.165) is 18.8 Å². The van der Waals surface area contributed by atoms with Crippen LogP contribution in [0.2, 0.25) is 0 Å². The Kier molecular flexibility index (Phi) is 5.73. The van der Waals surface area contributed by atoms with E-state index in [-0.39, 0.29) is 18.4 Å². The van der Waals surface area contributed by atoms with Gasteiger partial charge >= 0.3 is 0 Å². The summed E-state index contributed by atoms with van der Waals surface area (Å²) in [6.07, 6.45) is 4.84. The molecule has 0 aliphatic carbocycles. The zero-order chi connectivity index (χ0) is 10.5. The average molecular weight is 248 g/mol. The molecular weight excluding hydrogens is 230 g/mol. The third-order valence-electron chi connectivity index (χ3n) is 2.62. The summed E-state index contributed by atoms with van der Waals surface area (Å²) in [6, 6.07) is 0.252. The maximum absolute atomic E-state index is 5.07. The molecule has 1 aromatic heterocycles. The Morgan fingerprint density at radius 3 is 3.12 bits per heavy atom. The van der Waals surface area contributed by atoms with Crippen LogP contribution in [0.4, 0.5) is 0 Å². The molecule has 5 nitrogen and oxygen atoms in total. The second-order valence-electron chi connectivity index (χ2n) is 3.84. The lowest BCUT2D eigenvalue weighted by Crippen LogP contribution is -2.21. The predicted molar refractivity (Wildman–Crippen MR) is 61.5 cm³/mol. The van der Waals surface area contributed by atoms with Gasteiger partial charge in [0, 0.05) is 7.11 Å². The smallest absolute Gasteiger partial charge is 0.252 e. The Morgan fingerprint density at radius 2 is 2.31 bits per heavy atom. The van der Waals surface area contributed by atoms with Crippen LogP contribution in [0.5, 0.6) is 0 Å². The number of nitrogens with one attached hydrogen (secondary N) is 1. The molecular formula is C10H18ClN3O2. The van der Waals surface area contributed by atoms with Gasteiger partial charge in [-0.1, -0.05) is 18.0 Å². The van der Waals surface area contributed by atoms with Crippen molar-refractivity contribution in [2.24, 2.45) is 0 Å². The van der Waals surface area contributed by atoms with Crippen molar-refractivity contribution in [2.75, 3.05) is 13.7 Å².